The standard InChI is InChI=1S/C15H21N3O2/c16-13(10-11-4-2-1-3-5-11)15(20)17-9-8-14(19)18-12-6-7-12/h1-5,12-13H,6-10,16H2,(H,17,20)(H,18,19)/t13-/m0/s1. The summed E-state index contributed by atoms with van der Waals surface area (Å²) >= 11 is 0. The highest BCUT2D eigenvalue weighted by Crippen LogP contribution is 2.18. The van der Waals surface area contributed by atoms with Crippen LogP contribution in [0, 0.1) is 0 Å². The van der Waals surface area contributed by atoms with E-state index < -0.39 is 6.04 Å². The molecule has 0 aliphatic heterocycles. The SMILES string of the molecule is N[C@@H](Cc1ccccc1)C(=O)NCCC(=O)NC1CC1. The van der Waals surface area contributed by atoms with Gasteiger partial charge in [-0.25, -0.2) is 0 Å². The highest BCUT2D eigenvalue weighted by Gasteiger charge is 2.23. The Bertz CT molecular complexity index is 457. The van der Waals surface area contributed by atoms with Crippen LogP contribution in [-0.4, -0.2) is 30.4 Å². The number of carbonyl (C=O) groups excluding carboxylic acids is 2. The van der Waals surface area contributed by atoms with E-state index in [9.17, 15) is 9.59 Å². The van der Waals surface area contributed by atoms with E-state index in [1.807, 2.05) is 30.3 Å². The van der Waals surface area contributed by atoms with Crippen molar-refractivity contribution in [2.75, 3.05) is 6.54 Å². The average Bonchev–Trinajstić information content (AvgIpc) is 3.23. The minimum absolute atomic E-state index is 0.00979. The maximum absolute atomic E-state index is 11.8. The normalized spacial score (nSPS) is 15.4. The maximum Gasteiger partial charge on any atom is 0.237 e. The molecular formula is C15H21N3O2. The molecule has 0 heterocycles. The van der Waals surface area contributed by atoms with E-state index >= 15 is 0 Å². The molecule has 2 amide bonds. The molecule has 0 aromatic heterocycles. The fourth-order valence-electron chi connectivity index (χ4n) is 1.92. The first-order chi connectivity index (χ1) is 9.65. The minimum atomic E-state index is -0.580. The molecule has 1 aliphatic carbocycles. The third-order valence-electron chi connectivity index (χ3n) is 3.23. The second kappa shape index (κ2) is 7.05. The number of amides is 2. The molecule has 1 aliphatic rings. The smallest absolute Gasteiger partial charge is 0.237 e. The molecule has 5 heteroatoms. The second-order valence-corrected chi connectivity index (χ2v) is 5.18. The molecule has 0 unspecified atom stereocenters. The number of nitrogens with one attached hydrogen (secondary N) is 2. The Morgan fingerprint density at radius 2 is 1.95 bits per heavy atom. The number of nitrogens with two attached hydrogens (primary N) is 1. The highest BCUT2D eigenvalue weighted by atomic mass is 16.2. The maximum atomic E-state index is 11.8. The van der Waals surface area contributed by atoms with Gasteiger partial charge in [-0.1, -0.05) is 30.3 Å². The van der Waals surface area contributed by atoms with Gasteiger partial charge in [-0.05, 0) is 24.8 Å². The number of hydrogen-bond donors (Lipinski definition) is 3. The molecule has 1 aromatic carbocycles. The van der Waals surface area contributed by atoms with Crippen LogP contribution >= 0.6 is 0 Å². The van der Waals surface area contributed by atoms with Gasteiger partial charge in [0.15, 0.2) is 0 Å². The van der Waals surface area contributed by atoms with Crippen LogP contribution in [0.4, 0.5) is 0 Å². The van der Waals surface area contributed by atoms with Gasteiger partial charge < -0.3 is 16.4 Å². The van der Waals surface area contributed by atoms with E-state index in [4.69, 9.17) is 5.73 Å². The highest BCUT2D eigenvalue weighted by molar-refractivity contribution is 5.83. The van der Waals surface area contributed by atoms with Gasteiger partial charge in [-0.3, -0.25) is 9.59 Å². The fourth-order valence-corrected chi connectivity index (χ4v) is 1.92. The molecule has 0 radical (unpaired) electrons. The van der Waals surface area contributed by atoms with Crippen molar-refractivity contribution in [3.63, 3.8) is 0 Å². The van der Waals surface area contributed by atoms with Gasteiger partial charge >= 0.3 is 0 Å². The van der Waals surface area contributed by atoms with Gasteiger partial charge in [0.05, 0.1) is 6.04 Å². The van der Waals surface area contributed by atoms with Crippen molar-refractivity contribution in [2.24, 2.45) is 5.73 Å². The molecule has 1 atom stereocenters. The molecule has 0 bridgehead atoms. The molecule has 1 fully saturated rings. The minimum Gasteiger partial charge on any atom is -0.354 e. The first kappa shape index (κ1) is 14.5. The fraction of sp³-hybridized carbons (Fsp3) is 0.467. The van der Waals surface area contributed by atoms with Gasteiger partial charge in [0, 0.05) is 19.0 Å². The lowest BCUT2D eigenvalue weighted by Gasteiger charge is -2.12. The number of benzene rings is 1. The molecule has 2 rings (SSSR count). The first-order valence-corrected chi connectivity index (χ1v) is 7.02. The Morgan fingerprint density at radius 1 is 1.25 bits per heavy atom. The molecule has 1 saturated carbocycles. The summed E-state index contributed by atoms with van der Waals surface area (Å²) in [5.41, 5.74) is 6.87. The monoisotopic (exact) mass is 275 g/mol. The number of carbonyl (C=O) groups is 2. The van der Waals surface area contributed by atoms with Crippen LogP contribution in [0.2, 0.25) is 0 Å². The summed E-state index contributed by atoms with van der Waals surface area (Å²) < 4.78 is 0. The molecule has 0 spiro atoms. The van der Waals surface area contributed by atoms with Crippen molar-refractivity contribution in [1.82, 2.24) is 10.6 Å². The van der Waals surface area contributed by atoms with Crippen LogP contribution in [0.15, 0.2) is 30.3 Å². The zero-order valence-electron chi connectivity index (χ0n) is 11.5. The van der Waals surface area contributed by atoms with Crippen LogP contribution in [0.25, 0.3) is 0 Å². The van der Waals surface area contributed by atoms with Crippen LogP contribution in [0.5, 0.6) is 0 Å². The van der Waals surface area contributed by atoms with Crippen LogP contribution < -0.4 is 16.4 Å². The molecule has 20 heavy (non-hydrogen) atoms. The third-order valence-corrected chi connectivity index (χ3v) is 3.23. The summed E-state index contributed by atoms with van der Waals surface area (Å²) in [7, 11) is 0. The topological polar surface area (TPSA) is 84.2 Å². The number of hydrogen-bond acceptors (Lipinski definition) is 3. The summed E-state index contributed by atoms with van der Waals surface area (Å²) in [6.07, 6.45) is 2.95. The van der Waals surface area contributed by atoms with Crippen LogP contribution in [-0.2, 0) is 16.0 Å². The predicted octanol–water partition coefficient (Wildman–Crippen LogP) is 0.341. The molecule has 0 saturated heterocycles. The lowest BCUT2D eigenvalue weighted by Crippen LogP contribution is -2.43. The van der Waals surface area contributed by atoms with Crippen LogP contribution in [0.3, 0.4) is 0 Å². The van der Waals surface area contributed by atoms with E-state index in [1.165, 1.54) is 0 Å². The number of rotatable bonds is 7. The Labute approximate surface area is 118 Å². The van der Waals surface area contributed by atoms with Crippen molar-refractivity contribution in [3.8, 4) is 0 Å². The van der Waals surface area contributed by atoms with E-state index in [2.05, 4.69) is 10.6 Å². The Kier molecular flexibility index (Phi) is 5.12. The summed E-state index contributed by atoms with van der Waals surface area (Å²) in [4.78, 5) is 23.2. The quantitative estimate of drug-likeness (QED) is 0.671. The van der Waals surface area contributed by atoms with Gasteiger partial charge in [0.2, 0.25) is 11.8 Å². The van der Waals surface area contributed by atoms with Gasteiger partial charge in [0.25, 0.3) is 0 Å². The second-order valence-electron chi connectivity index (χ2n) is 5.18. The predicted molar refractivity (Wildman–Crippen MR) is 76.9 cm³/mol. The lowest BCUT2D eigenvalue weighted by atomic mass is 10.1. The molecule has 1 aromatic rings. The van der Waals surface area contributed by atoms with E-state index in [-0.39, 0.29) is 11.8 Å². The first-order valence-electron chi connectivity index (χ1n) is 7.02. The zero-order chi connectivity index (χ0) is 14.4. The largest absolute Gasteiger partial charge is 0.354 e. The van der Waals surface area contributed by atoms with Gasteiger partial charge in [0.1, 0.15) is 0 Å². The Morgan fingerprint density at radius 3 is 2.60 bits per heavy atom. The van der Waals surface area contributed by atoms with E-state index in [0.717, 1.165) is 18.4 Å². The zero-order valence-corrected chi connectivity index (χ0v) is 11.5. The third kappa shape index (κ3) is 5.01. The molecular weight excluding hydrogens is 254 g/mol. The lowest BCUT2D eigenvalue weighted by molar-refractivity contribution is -0.123. The summed E-state index contributed by atoms with van der Waals surface area (Å²) in [5.74, 6) is -0.225. The Balaban J connectivity index is 1.64. The van der Waals surface area contributed by atoms with Crippen LogP contribution in [0.1, 0.15) is 24.8 Å². The molecule has 108 valence electrons. The van der Waals surface area contributed by atoms with Crippen molar-refractivity contribution in [1.29, 1.82) is 0 Å². The molecule has 4 N–H and O–H groups in total. The van der Waals surface area contributed by atoms with E-state index in [0.29, 0.717) is 25.4 Å². The van der Waals surface area contributed by atoms with Crippen molar-refractivity contribution in [3.05, 3.63) is 35.9 Å². The Hall–Kier alpha value is -1.88. The van der Waals surface area contributed by atoms with Gasteiger partial charge in [-0.2, -0.15) is 0 Å². The molecule has 5 nitrogen and oxygen atoms in total. The van der Waals surface area contributed by atoms with Crippen molar-refractivity contribution < 1.29 is 9.59 Å². The summed E-state index contributed by atoms with van der Waals surface area (Å²) in [6, 6.07) is 9.42. The van der Waals surface area contributed by atoms with E-state index in [1.54, 1.807) is 0 Å². The van der Waals surface area contributed by atoms with Gasteiger partial charge in [-0.15, -0.1) is 0 Å². The van der Waals surface area contributed by atoms with Crippen molar-refractivity contribution >= 4 is 11.8 Å². The average molecular weight is 275 g/mol. The summed E-state index contributed by atoms with van der Waals surface area (Å²) in [6.45, 7) is 0.333. The van der Waals surface area contributed by atoms with Crippen molar-refractivity contribution in [2.45, 2.75) is 37.8 Å². The summed E-state index contributed by atoms with van der Waals surface area (Å²) in [5, 5.41) is 5.58.